The molecule has 0 fully saturated rings. The molecule has 3 heteroatoms. The van der Waals surface area contributed by atoms with Crippen LogP contribution in [0, 0.1) is 0 Å². The molecule has 0 unspecified atom stereocenters. The van der Waals surface area contributed by atoms with Crippen LogP contribution in [-0.4, -0.2) is 14.5 Å². The van der Waals surface area contributed by atoms with Crippen molar-refractivity contribution in [3.63, 3.8) is 0 Å². The average molecular weight is 370 g/mol. The fourth-order valence-electron chi connectivity index (χ4n) is 3.82. The lowest BCUT2D eigenvalue weighted by Crippen LogP contribution is -1.99. The first-order valence-electron chi connectivity index (χ1n) is 10.2. The summed E-state index contributed by atoms with van der Waals surface area (Å²) >= 11 is 0. The summed E-state index contributed by atoms with van der Waals surface area (Å²) in [5.41, 5.74) is 7.40. The fraction of sp³-hybridized carbons (Fsp3) is 0.280. The molecule has 0 saturated carbocycles. The molecular formula is C25H27N3. The van der Waals surface area contributed by atoms with E-state index in [1.54, 1.807) is 0 Å². The smallest absolute Gasteiger partial charge is 0.137 e. The van der Waals surface area contributed by atoms with Gasteiger partial charge < -0.3 is 0 Å². The first-order chi connectivity index (χ1) is 13.6. The quantitative estimate of drug-likeness (QED) is 0.411. The van der Waals surface area contributed by atoms with Crippen molar-refractivity contribution < 1.29 is 0 Å². The van der Waals surface area contributed by atoms with Gasteiger partial charge >= 0.3 is 0 Å². The van der Waals surface area contributed by atoms with Crippen LogP contribution in [0.4, 0.5) is 0 Å². The van der Waals surface area contributed by atoms with Crippen molar-refractivity contribution in [2.45, 2.75) is 46.5 Å². The topological polar surface area (TPSA) is 30.7 Å². The van der Waals surface area contributed by atoms with Gasteiger partial charge in [-0.15, -0.1) is 0 Å². The lowest BCUT2D eigenvalue weighted by atomic mass is 9.94. The Balaban J connectivity index is 1.79. The minimum absolute atomic E-state index is 0.485. The summed E-state index contributed by atoms with van der Waals surface area (Å²) in [6.07, 6.45) is 8.05. The Labute approximate surface area is 167 Å². The predicted octanol–water partition coefficient (Wildman–Crippen LogP) is 6.34. The molecule has 0 saturated heterocycles. The molecule has 0 amide bonds. The lowest BCUT2D eigenvalue weighted by molar-refractivity contribution is 0.853. The van der Waals surface area contributed by atoms with Crippen LogP contribution in [0.15, 0.2) is 61.1 Å². The van der Waals surface area contributed by atoms with Crippen LogP contribution in [0.2, 0.25) is 0 Å². The van der Waals surface area contributed by atoms with Gasteiger partial charge in [-0.2, -0.15) is 0 Å². The number of aryl methyl sites for hydroxylation is 2. The number of pyridine rings is 2. The highest BCUT2D eigenvalue weighted by Gasteiger charge is 2.13. The van der Waals surface area contributed by atoms with Crippen molar-refractivity contribution in [3.05, 3.63) is 77.7 Å². The molecule has 0 bridgehead atoms. The molecule has 0 N–H and O–H groups in total. The van der Waals surface area contributed by atoms with Gasteiger partial charge in [-0.25, -0.2) is 4.98 Å². The third-order valence-corrected chi connectivity index (χ3v) is 5.52. The highest BCUT2D eigenvalue weighted by atomic mass is 15.1. The Morgan fingerprint density at radius 1 is 0.893 bits per heavy atom. The van der Waals surface area contributed by atoms with E-state index in [0.717, 1.165) is 29.9 Å². The minimum atomic E-state index is 0.485. The van der Waals surface area contributed by atoms with Crippen LogP contribution in [0.3, 0.4) is 0 Å². The Hall–Kier alpha value is -2.94. The van der Waals surface area contributed by atoms with Gasteiger partial charge in [0.05, 0.1) is 17.4 Å². The van der Waals surface area contributed by atoms with E-state index >= 15 is 0 Å². The van der Waals surface area contributed by atoms with Crippen molar-refractivity contribution >= 4 is 10.9 Å². The molecular weight excluding hydrogens is 342 g/mol. The molecule has 0 aliphatic heterocycles. The first-order valence-corrected chi connectivity index (χ1v) is 10.2. The molecule has 0 atom stereocenters. The summed E-state index contributed by atoms with van der Waals surface area (Å²) in [7, 11) is 0. The van der Waals surface area contributed by atoms with Crippen molar-refractivity contribution in [1.29, 1.82) is 0 Å². The summed E-state index contributed by atoms with van der Waals surface area (Å²) in [5.74, 6) is 1.41. The zero-order valence-electron chi connectivity index (χ0n) is 17.1. The largest absolute Gasteiger partial charge is 0.300 e. The van der Waals surface area contributed by atoms with E-state index in [9.17, 15) is 0 Å². The maximum atomic E-state index is 4.85. The summed E-state index contributed by atoms with van der Waals surface area (Å²) in [4.78, 5) is 9.51. The fourth-order valence-corrected chi connectivity index (χ4v) is 3.82. The molecule has 28 heavy (non-hydrogen) atoms. The first kappa shape index (κ1) is 18.4. The van der Waals surface area contributed by atoms with Crippen LogP contribution in [0.25, 0.3) is 28.0 Å². The number of hydrogen-bond acceptors (Lipinski definition) is 2. The zero-order chi connectivity index (χ0) is 19.7. The molecule has 0 radical (unpaired) electrons. The Morgan fingerprint density at radius 2 is 1.64 bits per heavy atom. The second kappa shape index (κ2) is 7.59. The third-order valence-electron chi connectivity index (χ3n) is 5.52. The van der Waals surface area contributed by atoms with E-state index in [4.69, 9.17) is 4.98 Å². The molecule has 142 valence electrons. The third kappa shape index (κ3) is 3.22. The van der Waals surface area contributed by atoms with E-state index in [0.29, 0.717) is 5.92 Å². The Morgan fingerprint density at radius 3 is 2.25 bits per heavy atom. The van der Waals surface area contributed by atoms with Gasteiger partial charge in [-0.3, -0.25) is 9.55 Å². The van der Waals surface area contributed by atoms with E-state index in [-0.39, 0.29) is 0 Å². The van der Waals surface area contributed by atoms with Crippen molar-refractivity contribution in [2.75, 3.05) is 0 Å². The van der Waals surface area contributed by atoms with Crippen LogP contribution in [0.1, 0.15) is 50.3 Å². The van der Waals surface area contributed by atoms with Gasteiger partial charge in [0, 0.05) is 23.3 Å². The normalized spacial score (nSPS) is 11.5. The molecule has 0 aliphatic carbocycles. The summed E-state index contributed by atoms with van der Waals surface area (Å²) < 4.78 is 2.11. The van der Waals surface area contributed by atoms with Crippen molar-refractivity contribution in [1.82, 2.24) is 14.5 Å². The molecule has 3 aromatic heterocycles. The van der Waals surface area contributed by atoms with Gasteiger partial charge in [0.25, 0.3) is 0 Å². The number of nitrogens with zero attached hydrogens (tertiary/aromatic N) is 3. The molecule has 1 aromatic carbocycles. The number of rotatable bonds is 5. The number of fused-ring (bicyclic) bond motifs is 1. The lowest BCUT2D eigenvalue weighted by Gasteiger charge is -2.13. The maximum Gasteiger partial charge on any atom is 0.137 e. The average Bonchev–Trinajstić information content (AvgIpc) is 3.16. The molecule has 4 rings (SSSR count). The van der Waals surface area contributed by atoms with Gasteiger partial charge in [0.1, 0.15) is 5.82 Å². The predicted molar refractivity (Wildman–Crippen MR) is 117 cm³/mol. The van der Waals surface area contributed by atoms with Crippen molar-refractivity contribution in [3.8, 4) is 17.1 Å². The summed E-state index contributed by atoms with van der Waals surface area (Å²) in [6, 6.07) is 15.2. The van der Waals surface area contributed by atoms with Gasteiger partial charge in [0.15, 0.2) is 0 Å². The monoisotopic (exact) mass is 369 g/mol. The van der Waals surface area contributed by atoms with Gasteiger partial charge in [-0.1, -0.05) is 52.0 Å². The number of hydrogen-bond donors (Lipinski definition) is 0. The van der Waals surface area contributed by atoms with E-state index in [2.05, 4.69) is 85.9 Å². The Bertz CT molecular complexity index is 1080. The van der Waals surface area contributed by atoms with Crippen LogP contribution < -0.4 is 0 Å². The van der Waals surface area contributed by atoms with Crippen LogP contribution in [-0.2, 0) is 12.8 Å². The van der Waals surface area contributed by atoms with E-state index in [1.807, 2.05) is 12.4 Å². The summed E-state index contributed by atoms with van der Waals surface area (Å²) in [6.45, 7) is 8.79. The minimum Gasteiger partial charge on any atom is -0.300 e. The second-order valence-corrected chi connectivity index (χ2v) is 7.58. The van der Waals surface area contributed by atoms with Crippen LogP contribution in [0.5, 0.6) is 0 Å². The molecule has 4 aromatic rings. The van der Waals surface area contributed by atoms with Gasteiger partial charge in [-0.05, 0) is 53.6 Å². The maximum absolute atomic E-state index is 4.85. The van der Waals surface area contributed by atoms with Crippen molar-refractivity contribution in [2.24, 2.45) is 0 Å². The number of benzene rings is 1. The standard InChI is InChI=1S/C25H27N3/c1-5-18-8-7-9-19(6-2)25(18)22-14-20-12-13-28(23(20)16-26-22)24-11-10-21(15-27-24)17(3)4/h7-17H,5-6H2,1-4H3. The molecule has 0 spiro atoms. The van der Waals surface area contributed by atoms with Crippen LogP contribution >= 0.6 is 0 Å². The molecule has 3 heterocycles. The highest BCUT2D eigenvalue weighted by Crippen LogP contribution is 2.30. The number of aromatic nitrogens is 3. The zero-order valence-corrected chi connectivity index (χ0v) is 17.1. The summed E-state index contributed by atoms with van der Waals surface area (Å²) in [5, 5.41) is 1.19. The SMILES string of the molecule is CCc1cccc(CC)c1-c1cc2ccn(-c3ccc(C(C)C)cn3)c2cn1. The Kier molecular flexibility index (Phi) is 4.99. The second-order valence-electron chi connectivity index (χ2n) is 7.58. The highest BCUT2D eigenvalue weighted by molar-refractivity contribution is 5.85. The van der Waals surface area contributed by atoms with E-state index < -0.39 is 0 Å². The van der Waals surface area contributed by atoms with Gasteiger partial charge in [0.2, 0.25) is 0 Å². The van der Waals surface area contributed by atoms with E-state index in [1.165, 1.54) is 27.6 Å². The molecule has 0 aliphatic rings. The molecule has 3 nitrogen and oxygen atoms in total.